The number of anilines is 1. The summed E-state index contributed by atoms with van der Waals surface area (Å²) >= 11 is 0. The number of phenolic OH excluding ortho intramolecular Hbond substituents is 2. The molecule has 4 nitrogen and oxygen atoms in total. The Balaban J connectivity index is 2.20. The van der Waals surface area contributed by atoms with Crippen molar-refractivity contribution in [3.05, 3.63) is 88.5 Å². The van der Waals surface area contributed by atoms with Gasteiger partial charge in [0.25, 0.3) is 0 Å². The second-order valence-corrected chi connectivity index (χ2v) is 7.32. The largest absolute Gasteiger partial charge is 0.508 e. The van der Waals surface area contributed by atoms with Crippen LogP contribution in [0.25, 0.3) is 0 Å². The summed E-state index contributed by atoms with van der Waals surface area (Å²) in [6, 6.07) is 18.0. The molecule has 4 heteroatoms. The van der Waals surface area contributed by atoms with Gasteiger partial charge in [0.1, 0.15) is 16.9 Å². The third-order valence-corrected chi connectivity index (χ3v) is 5.73. The molecule has 3 aromatic rings. The van der Waals surface area contributed by atoms with E-state index in [1.165, 1.54) is 0 Å². The topological polar surface area (TPSA) is 60.8 Å². The van der Waals surface area contributed by atoms with E-state index in [4.69, 9.17) is 0 Å². The minimum atomic E-state index is -1.13. The number of nitrogens with zero attached hydrogens (tertiary/aromatic N) is 1. The number of fused-ring (bicyclic) bond motifs is 1. The van der Waals surface area contributed by atoms with Crippen LogP contribution in [0.2, 0.25) is 0 Å². The predicted molar refractivity (Wildman–Crippen MR) is 110 cm³/mol. The highest BCUT2D eigenvalue weighted by molar-refractivity contribution is 6.13. The zero-order valence-electron chi connectivity index (χ0n) is 16.2. The molecule has 142 valence electrons. The highest BCUT2D eigenvalue weighted by Crippen LogP contribution is 2.52. The molecule has 0 aliphatic carbocycles. The molecule has 0 unspecified atom stereocenters. The summed E-state index contributed by atoms with van der Waals surface area (Å²) in [5, 5.41) is 20.5. The lowest BCUT2D eigenvalue weighted by Crippen LogP contribution is -2.43. The quantitative estimate of drug-likeness (QED) is 0.715. The highest BCUT2D eigenvalue weighted by Gasteiger charge is 2.54. The smallest absolute Gasteiger partial charge is 0.246 e. The Hall–Kier alpha value is -3.27. The monoisotopic (exact) mass is 373 g/mol. The summed E-state index contributed by atoms with van der Waals surface area (Å²) in [6.45, 7) is 6.38. The third kappa shape index (κ3) is 2.34. The number of phenols is 2. The van der Waals surface area contributed by atoms with Crippen LogP contribution >= 0.6 is 0 Å². The molecule has 0 saturated carbocycles. The predicted octanol–water partition coefficient (Wildman–Crippen LogP) is 4.42. The number of para-hydroxylation sites is 1. The van der Waals surface area contributed by atoms with Crippen molar-refractivity contribution in [2.75, 3.05) is 11.4 Å². The van der Waals surface area contributed by atoms with Crippen LogP contribution in [0.3, 0.4) is 0 Å². The van der Waals surface area contributed by atoms with E-state index in [9.17, 15) is 15.0 Å². The molecular formula is C24H23NO3. The Morgan fingerprint density at radius 1 is 0.821 bits per heavy atom. The van der Waals surface area contributed by atoms with E-state index in [0.717, 1.165) is 33.5 Å². The molecule has 0 radical (unpaired) electrons. The molecule has 1 aliphatic rings. The summed E-state index contributed by atoms with van der Waals surface area (Å²) in [5.74, 6) is 0.148. The van der Waals surface area contributed by atoms with Gasteiger partial charge in [-0.15, -0.1) is 0 Å². The first-order chi connectivity index (χ1) is 13.4. The van der Waals surface area contributed by atoms with Crippen molar-refractivity contribution in [3.63, 3.8) is 0 Å². The number of aromatic hydroxyl groups is 2. The van der Waals surface area contributed by atoms with E-state index >= 15 is 0 Å². The van der Waals surface area contributed by atoms with E-state index < -0.39 is 5.41 Å². The van der Waals surface area contributed by atoms with Crippen molar-refractivity contribution in [1.29, 1.82) is 0 Å². The van der Waals surface area contributed by atoms with Crippen molar-refractivity contribution in [1.82, 2.24) is 0 Å². The van der Waals surface area contributed by atoms with Crippen LogP contribution in [-0.2, 0) is 10.2 Å². The SMILES string of the molecule is CCN1C(=O)C(c2cc(O)ccc2C)(c2cc(O)ccc2C)c2ccccc21. The van der Waals surface area contributed by atoms with E-state index in [2.05, 4.69) is 0 Å². The molecule has 0 bridgehead atoms. The molecule has 4 rings (SSSR count). The number of amides is 1. The maximum absolute atomic E-state index is 14.0. The summed E-state index contributed by atoms with van der Waals surface area (Å²) in [7, 11) is 0. The van der Waals surface area contributed by atoms with Crippen molar-refractivity contribution >= 4 is 11.6 Å². The molecule has 1 heterocycles. The van der Waals surface area contributed by atoms with E-state index in [0.29, 0.717) is 6.54 Å². The Labute approximate surface area is 164 Å². The van der Waals surface area contributed by atoms with Crippen LogP contribution in [0, 0.1) is 13.8 Å². The molecule has 0 spiro atoms. The molecule has 2 N–H and O–H groups in total. The number of hydrogen-bond donors (Lipinski definition) is 2. The zero-order valence-corrected chi connectivity index (χ0v) is 16.2. The lowest BCUT2D eigenvalue weighted by Gasteiger charge is -2.33. The first-order valence-electron chi connectivity index (χ1n) is 9.43. The Morgan fingerprint density at radius 3 is 1.89 bits per heavy atom. The van der Waals surface area contributed by atoms with Crippen LogP contribution in [-0.4, -0.2) is 22.7 Å². The molecule has 1 aliphatic heterocycles. The molecule has 0 saturated heterocycles. The van der Waals surface area contributed by atoms with Crippen molar-refractivity contribution in [2.24, 2.45) is 0 Å². The number of rotatable bonds is 3. The first-order valence-corrected chi connectivity index (χ1v) is 9.43. The third-order valence-electron chi connectivity index (χ3n) is 5.73. The fourth-order valence-corrected chi connectivity index (χ4v) is 4.46. The van der Waals surface area contributed by atoms with Crippen LogP contribution in [0.15, 0.2) is 60.7 Å². The molecular weight excluding hydrogens is 350 g/mol. The second kappa shape index (κ2) is 6.41. The van der Waals surface area contributed by atoms with E-state index in [1.807, 2.05) is 57.2 Å². The van der Waals surface area contributed by atoms with Gasteiger partial charge in [-0.25, -0.2) is 0 Å². The summed E-state index contributed by atoms with van der Waals surface area (Å²) in [5.41, 5.74) is 3.87. The lowest BCUT2D eigenvalue weighted by molar-refractivity contribution is -0.120. The Morgan fingerprint density at radius 2 is 1.36 bits per heavy atom. The highest BCUT2D eigenvalue weighted by atomic mass is 16.3. The normalized spacial score (nSPS) is 15.0. The number of carbonyl (C=O) groups excluding carboxylic acids is 1. The molecule has 0 fully saturated rings. The van der Waals surface area contributed by atoms with Gasteiger partial charge in [0, 0.05) is 17.8 Å². The standard InChI is InChI=1S/C24H23NO3/c1-4-25-22-8-6-5-7-19(22)24(23(25)28,20-13-17(26)11-9-15(20)2)21-14-18(27)12-10-16(21)3/h5-14,26-27H,4H2,1-3H3. The average Bonchev–Trinajstić information content (AvgIpc) is 2.94. The Bertz CT molecular complexity index is 1040. The first kappa shape index (κ1) is 18.1. The van der Waals surface area contributed by atoms with Crippen LogP contribution < -0.4 is 4.90 Å². The molecule has 3 aromatic carbocycles. The fourth-order valence-electron chi connectivity index (χ4n) is 4.46. The number of carbonyl (C=O) groups is 1. The summed E-state index contributed by atoms with van der Waals surface area (Å²) < 4.78 is 0. The van der Waals surface area contributed by atoms with Crippen molar-refractivity contribution in [2.45, 2.75) is 26.2 Å². The van der Waals surface area contributed by atoms with Crippen LogP contribution in [0.5, 0.6) is 11.5 Å². The van der Waals surface area contributed by atoms with Gasteiger partial charge in [-0.3, -0.25) is 4.79 Å². The zero-order chi connectivity index (χ0) is 20.1. The van der Waals surface area contributed by atoms with Gasteiger partial charge >= 0.3 is 0 Å². The van der Waals surface area contributed by atoms with Gasteiger partial charge in [-0.05, 0) is 73.4 Å². The average molecular weight is 373 g/mol. The maximum Gasteiger partial charge on any atom is 0.246 e. The van der Waals surface area contributed by atoms with Gasteiger partial charge < -0.3 is 15.1 Å². The van der Waals surface area contributed by atoms with Crippen molar-refractivity contribution < 1.29 is 15.0 Å². The van der Waals surface area contributed by atoms with E-state index in [-0.39, 0.29) is 17.4 Å². The summed E-state index contributed by atoms with van der Waals surface area (Å²) in [4.78, 5) is 15.8. The maximum atomic E-state index is 14.0. The minimum Gasteiger partial charge on any atom is -0.508 e. The van der Waals surface area contributed by atoms with Gasteiger partial charge in [-0.1, -0.05) is 30.3 Å². The number of hydrogen-bond acceptors (Lipinski definition) is 3. The molecule has 28 heavy (non-hydrogen) atoms. The molecule has 0 atom stereocenters. The number of benzene rings is 3. The van der Waals surface area contributed by atoms with Gasteiger partial charge in [0.15, 0.2) is 0 Å². The van der Waals surface area contributed by atoms with Gasteiger partial charge in [0.2, 0.25) is 5.91 Å². The second-order valence-electron chi connectivity index (χ2n) is 7.32. The fraction of sp³-hybridized carbons (Fsp3) is 0.208. The van der Waals surface area contributed by atoms with Gasteiger partial charge in [-0.2, -0.15) is 0 Å². The minimum absolute atomic E-state index is 0.0707. The Kier molecular flexibility index (Phi) is 4.15. The lowest BCUT2D eigenvalue weighted by atomic mass is 9.67. The van der Waals surface area contributed by atoms with Crippen LogP contribution in [0.4, 0.5) is 5.69 Å². The molecule has 1 amide bonds. The number of aryl methyl sites for hydroxylation is 2. The van der Waals surface area contributed by atoms with Crippen LogP contribution in [0.1, 0.15) is 34.7 Å². The number of likely N-dealkylation sites (N-methyl/N-ethyl adjacent to an activating group) is 1. The van der Waals surface area contributed by atoms with Crippen molar-refractivity contribution in [3.8, 4) is 11.5 Å². The molecule has 0 aromatic heterocycles. The van der Waals surface area contributed by atoms with Gasteiger partial charge in [0.05, 0.1) is 0 Å². The van der Waals surface area contributed by atoms with E-state index in [1.54, 1.807) is 29.2 Å². The summed E-state index contributed by atoms with van der Waals surface area (Å²) in [6.07, 6.45) is 0.